The van der Waals surface area contributed by atoms with Crippen LogP contribution in [0.4, 0.5) is 5.69 Å². The minimum absolute atomic E-state index is 0.0202. The Balaban J connectivity index is 2.20. The summed E-state index contributed by atoms with van der Waals surface area (Å²) in [5, 5.41) is 9.41. The van der Waals surface area contributed by atoms with Gasteiger partial charge < -0.3 is 19.6 Å². The molecule has 1 fully saturated rings. The van der Waals surface area contributed by atoms with Crippen LogP contribution in [-0.2, 0) is 4.74 Å². The molecule has 20 heavy (non-hydrogen) atoms. The maximum absolute atomic E-state index is 12.5. The molecule has 0 spiro atoms. The number of aliphatic hydroxyl groups excluding tert-OH is 1. The van der Waals surface area contributed by atoms with E-state index in [2.05, 4.69) is 4.98 Å². The molecule has 1 aliphatic rings. The Morgan fingerprint density at radius 2 is 2.35 bits per heavy atom. The van der Waals surface area contributed by atoms with E-state index in [-0.39, 0.29) is 24.7 Å². The number of methoxy groups -OCH3 is 1. The highest BCUT2D eigenvalue weighted by Gasteiger charge is 2.35. The van der Waals surface area contributed by atoms with Crippen molar-refractivity contribution in [2.75, 3.05) is 39.3 Å². The maximum atomic E-state index is 12.5. The monoisotopic (exact) mass is 279 g/mol. The van der Waals surface area contributed by atoms with Crippen molar-refractivity contribution in [3.8, 4) is 0 Å². The molecule has 110 valence electrons. The van der Waals surface area contributed by atoms with Crippen LogP contribution in [0.2, 0.25) is 0 Å². The summed E-state index contributed by atoms with van der Waals surface area (Å²) in [6, 6.07) is 3.41. The number of amides is 1. The molecule has 2 rings (SSSR count). The predicted molar refractivity (Wildman–Crippen MR) is 75.9 cm³/mol. The van der Waals surface area contributed by atoms with E-state index in [1.54, 1.807) is 24.3 Å². The summed E-state index contributed by atoms with van der Waals surface area (Å²) in [4.78, 5) is 20.2. The van der Waals surface area contributed by atoms with E-state index in [1.165, 1.54) is 0 Å². The van der Waals surface area contributed by atoms with Gasteiger partial charge in [0.05, 0.1) is 18.8 Å². The predicted octanol–water partition coefficient (Wildman–Crippen LogP) is 0.369. The summed E-state index contributed by atoms with van der Waals surface area (Å²) in [7, 11) is 5.45. The van der Waals surface area contributed by atoms with Gasteiger partial charge in [-0.05, 0) is 18.6 Å². The van der Waals surface area contributed by atoms with Crippen LogP contribution in [0.1, 0.15) is 16.9 Å². The minimum atomic E-state index is -0.197. The third-order valence-electron chi connectivity index (χ3n) is 3.66. The molecule has 2 atom stereocenters. The molecule has 1 aliphatic heterocycles. The van der Waals surface area contributed by atoms with Crippen LogP contribution in [0, 0.1) is 0 Å². The van der Waals surface area contributed by atoms with Crippen LogP contribution < -0.4 is 4.90 Å². The van der Waals surface area contributed by atoms with Gasteiger partial charge in [0.2, 0.25) is 0 Å². The molecule has 1 aromatic heterocycles. The summed E-state index contributed by atoms with van der Waals surface area (Å²) in [6.07, 6.45) is 2.26. The van der Waals surface area contributed by atoms with Crippen molar-refractivity contribution in [3.05, 3.63) is 24.0 Å². The van der Waals surface area contributed by atoms with E-state index in [0.29, 0.717) is 18.7 Å². The van der Waals surface area contributed by atoms with Crippen molar-refractivity contribution in [2.24, 2.45) is 0 Å². The van der Waals surface area contributed by atoms with Crippen LogP contribution in [0.5, 0.6) is 0 Å². The second kappa shape index (κ2) is 6.19. The summed E-state index contributed by atoms with van der Waals surface area (Å²) in [5.41, 5.74) is 1.32. The summed E-state index contributed by atoms with van der Waals surface area (Å²) >= 11 is 0. The molecule has 1 N–H and O–H groups in total. The molecule has 1 saturated heterocycles. The maximum Gasteiger partial charge on any atom is 0.272 e. The van der Waals surface area contributed by atoms with Gasteiger partial charge in [-0.1, -0.05) is 0 Å². The number of carbonyl (C=O) groups is 1. The summed E-state index contributed by atoms with van der Waals surface area (Å²) in [6.45, 7) is 0.438. The molecule has 0 unspecified atom stereocenters. The average molecular weight is 279 g/mol. The Hall–Kier alpha value is -1.66. The van der Waals surface area contributed by atoms with Gasteiger partial charge in [-0.15, -0.1) is 0 Å². The number of aromatic nitrogens is 1. The molecule has 0 radical (unpaired) electrons. The zero-order chi connectivity index (χ0) is 14.7. The number of hydrogen-bond acceptors (Lipinski definition) is 5. The first-order valence-electron chi connectivity index (χ1n) is 6.64. The quantitative estimate of drug-likeness (QED) is 0.862. The molecule has 2 heterocycles. The molecule has 0 aromatic carbocycles. The number of ether oxygens (including phenoxy) is 1. The SMILES string of the molecule is CO[C@H]1C[C@@H](CO)N(C(=O)c2cc(N(C)C)ccn2)C1. The first kappa shape index (κ1) is 14.7. The van der Waals surface area contributed by atoms with Crippen LogP contribution >= 0.6 is 0 Å². The Kier molecular flexibility index (Phi) is 4.57. The van der Waals surface area contributed by atoms with Gasteiger partial charge in [0.25, 0.3) is 5.91 Å². The molecule has 0 saturated carbocycles. The van der Waals surface area contributed by atoms with Crippen LogP contribution in [0.3, 0.4) is 0 Å². The van der Waals surface area contributed by atoms with E-state index in [0.717, 1.165) is 5.69 Å². The van der Waals surface area contributed by atoms with Crippen LogP contribution in [0.15, 0.2) is 18.3 Å². The smallest absolute Gasteiger partial charge is 0.272 e. The first-order chi connectivity index (χ1) is 9.56. The third kappa shape index (κ3) is 2.91. The Labute approximate surface area is 119 Å². The van der Waals surface area contributed by atoms with Crippen molar-refractivity contribution in [1.82, 2.24) is 9.88 Å². The second-order valence-corrected chi connectivity index (χ2v) is 5.18. The van der Waals surface area contributed by atoms with Crippen molar-refractivity contribution in [3.63, 3.8) is 0 Å². The zero-order valence-corrected chi connectivity index (χ0v) is 12.1. The fourth-order valence-corrected chi connectivity index (χ4v) is 2.43. The lowest BCUT2D eigenvalue weighted by Crippen LogP contribution is -2.38. The largest absolute Gasteiger partial charge is 0.394 e. The molecule has 1 aromatic rings. The van der Waals surface area contributed by atoms with Gasteiger partial charge in [-0.3, -0.25) is 9.78 Å². The molecular weight excluding hydrogens is 258 g/mol. The highest BCUT2D eigenvalue weighted by Crippen LogP contribution is 2.22. The highest BCUT2D eigenvalue weighted by atomic mass is 16.5. The van der Waals surface area contributed by atoms with Gasteiger partial charge in [-0.2, -0.15) is 0 Å². The number of pyridine rings is 1. The number of aliphatic hydroxyl groups is 1. The van der Waals surface area contributed by atoms with Gasteiger partial charge in [0.1, 0.15) is 5.69 Å². The molecular formula is C14H21N3O3. The van der Waals surface area contributed by atoms with E-state index in [4.69, 9.17) is 4.74 Å². The number of rotatable bonds is 4. The summed E-state index contributed by atoms with van der Waals surface area (Å²) < 4.78 is 5.29. The van der Waals surface area contributed by atoms with E-state index < -0.39 is 0 Å². The first-order valence-corrected chi connectivity index (χ1v) is 6.64. The number of hydrogen-bond donors (Lipinski definition) is 1. The number of anilines is 1. The van der Waals surface area contributed by atoms with Crippen LogP contribution in [-0.4, -0.2) is 67.4 Å². The molecule has 0 aliphatic carbocycles. The normalized spacial score (nSPS) is 22.1. The summed E-state index contributed by atoms with van der Waals surface area (Å²) in [5.74, 6) is -0.160. The van der Waals surface area contributed by atoms with Crippen LogP contribution in [0.25, 0.3) is 0 Å². The number of nitrogens with zero attached hydrogens (tertiary/aromatic N) is 3. The lowest BCUT2D eigenvalue weighted by molar-refractivity contribution is 0.0642. The Morgan fingerprint density at radius 3 is 2.95 bits per heavy atom. The van der Waals surface area contributed by atoms with Crippen molar-refractivity contribution in [2.45, 2.75) is 18.6 Å². The Bertz CT molecular complexity index is 478. The number of carbonyl (C=O) groups excluding carboxylic acids is 1. The standard InChI is InChI=1S/C14H21N3O3/c1-16(2)10-4-5-15-13(7-10)14(19)17-8-12(20-3)6-11(17)9-18/h4-5,7,11-12,18H,6,8-9H2,1-3H3/t11-,12-/m0/s1. The van der Waals surface area contributed by atoms with Crippen molar-refractivity contribution >= 4 is 11.6 Å². The fourth-order valence-electron chi connectivity index (χ4n) is 2.43. The topological polar surface area (TPSA) is 65.9 Å². The Morgan fingerprint density at radius 1 is 1.60 bits per heavy atom. The van der Waals surface area contributed by atoms with Crippen molar-refractivity contribution in [1.29, 1.82) is 0 Å². The lowest BCUT2D eigenvalue weighted by atomic mass is 10.2. The highest BCUT2D eigenvalue weighted by molar-refractivity contribution is 5.93. The van der Waals surface area contributed by atoms with Gasteiger partial charge in [0.15, 0.2) is 0 Å². The van der Waals surface area contributed by atoms with Crippen molar-refractivity contribution < 1.29 is 14.6 Å². The van der Waals surface area contributed by atoms with Gasteiger partial charge in [0, 0.05) is 39.6 Å². The van der Waals surface area contributed by atoms with Gasteiger partial charge >= 0.3 is 0 Å². The lowest BCUT2D eigenvalue weighted by Gasteiger charge is -2.23. The molecule has 6 heteroatoms. The van der Waals surface area contributed by atoms with E-state index in [1.807, 2.05) is 25.1 Å². The average Bonchev–Trinajstić information content (AvgIpc) is 2.90. The van der Waals surface area contributed by atoms with E-state index in [9.17, 15) is 9.90 Å². The van der Waals surface area contributed by atoms with Gasteiger partial charge in [-0.25, -0.2) is 0 Å². The zero-order valence-electron chi connectivity index (χ0n) is 12.1. The fraction of sp³-hybridized carbons (Fsp3) is 0.571. The minimum Gasteiger partial charge on any atom is -0.394 e. The molecule has 0 bridgehead atoms. The van der Waals surface area contributed by atoms with E-state index >= 15 is 0 Å². The second-order valence-electron chi connectivity index (χ2n) is 5.18. The molecule has 6 nitrogen and oxygen atoms in total. The third-order valence-corrected chi connectivity index (χ3v) is 3.66. The number of likely N-dealkylation sites (tertiary alicyclic amines) is 1. The molecule has 1 amide bonds.